The van der Waals surface area contributed by atoms with E-state index < -0.39 is 0 Å². The van der Waals surface area contributed by atoms with Crippen LogP contribution in [-0.4, -0.2) is 7.11 Å². The van der Waals surface area contributed by atoms with Crippen molar-refractivity contribution >= 4 is 12.4 Å². The van der Waals surface area contributed by atoms with E-state index in [1.807, 2.05) is 18.2 Å². The molecule has 0 saturated carbocycles. The molecule has 1 rings (SSSR count). The van der Waals surface area contributed by atoms with Crippen LogP contribution in [0.15, 0.2) is 24.3 Å². The van der Waals surface area contributed by atoms with Crippen LogP contribution in [-0.2, 0) is 0 Å². The average molecular weight is 244 g/mol. The summed E-state index contributed by atoms with van der Waals surface area (Å²) in [6.45, 7) is 2.21. The van der Waals surface area contributed by atoms with Gasteiger partial charge in [0.15, 0.2) is 0 Å². The lowest BCUT2D eigenvalue weighted by Crippen LogP contribution is -2.10. The molecule has 3 heteroatoms. The highest BCUT2D eigenvalue weighted by Crippen LogP contribution is 2.21. The maximum Gasteiger partial charge on any atom is 0.119 e. The van der Waals surface area contributed by atoms with Gasteiger partial charge in [-0.1, -0.05) is 38.3 Å². The Kier molecular flexibility index (Phi) is 8.04. The van der Waals surface area contributed by atoms with Gasteiger partial charge in [0.25, 0.3) is 0 Å². The van der Waals surface area contributed by atoms with Crippen LogP contribution in [0.1, 0.15) is 44.2 Å². The van der Waals surface area contributed by atoms with Gasteiger partial charge in [0.2, 0.25) is 0 Å². The summed E-state index contributed by atoms with van der Waals surface area (Å²) in [4.78, 5) is 0. The molecule has 0 bridgehead atoms. The van der Waals surface area contributed by atoms with Crippen LogP contribution in [0.25, 0.3) is 0 Å². The Hall–Kier alpha value is -0.730. The molecule has 2 N–H and O–H groups in total. The second-order valence-electron chi connectivity index (χ2n) is 3.88. The first-order valence-electron chi connectivity index (χ1n) is 5.67. The highest BCUT2D eigenvalue weighted by Gasteiger charge is 2.05. The Morgan fingerprint density at radius 3 is 2.69 bits per heavy atom. The van der Waals surface area contributed by atoms with Crippen LogP contribution in [0.4, 0.5) is 0 Å². The van der Waals surface area contributed by atoms with Crippen molar-refractivity contribution in [3.05, 3.63) is 29.8 Å². The van der Waals surface area contributed by atoms with Gasteiger partial charge in [-0.25, -0.2) is 0 Å². The molecule has 0 aliphatic carbocycles. The summed E-state index contributed by atoms with van der Waals surface area (Å²) >= 11 is 0. The van der Waals surface area contributed by atoms with Gasteiger partial charge >= 0.3 is 0 Å². The molecule has 0 saturated heterocycles. The van der Waals surface area contributed by atoms with Gasteiger partial charge < -0.3 is 10.5 Å². The van der Waals surface area contributed by atoms with Gasteiger partial charge in [-0.3, -0.25) is 0 Å². The largest absolute Gasteiger partial charge is 0.497 e. The van der Waals surface area contributed by atoms with Crippen LogP contribution in [0.3, 0.4) is 0 Å². The third kappa shape index (κ3) is 4.86. The van der Waals surface area contributed by atoms with Crippen molar-refractivity contribution in [2.45, 2.75) is 38.6 Å². The lowest BCUT2D eigenvalue weighted by atomic mass is 10.0. The fourth-order valence-electron chi connectivity index (χ4n) is 1.65. The average Bonchev–Trinajstić information content (AvgIpc) is 2.29. The van der Waals surface area contributed by atoms with Gasteiger partial charge in [0.05, 0.1) is 7.11 Å². The zero-order valence-electron chi connectivity index (χ0n) is 10.1. The summed E-state index contributed by atoms with van der Waals surface area (Å²) in [5, 5.41) is 0. The molecule has 0 heterocycles. The second kappa shape index (κ2) is 8.43. The molecule has 0 radical (unpaired) electrons. The minimum atomic E-state index is 0. The van der Waals surface area contributed by atoms with Gasteiger partial charge in [-0.2, -0.15) is 0 Å². The molecule has 0 unspecified atom stereocenters. The molecular weight excluding hydrogens is 222 g/mol. The predicted octanol–water partition coefficient (Wildman–Crippen LogP) is 3.70. The molecule has 0 aromatic heterocycles. The highest BCUT2D eigenvalue weighted by molar-refractivity contribution is 5.85. The molecule has 2 nitrogen and oxygen atoms in total. The highest BCUT2D eigenvalue weighted by atomic mass is 35.5. The van der Waals surface area contributed by atoms with E-state index in [0.717, 1.165) is 12.2 Å². The summed E-state index contributed by atoms with van der Waals surface area (Å²) in [5.41, 5.74) is 7.28. The molecule has 1 aromatic rings. The van der Waals surface area contributed by atoms with Crippen molar-refractivity contribution in [1.29, 1.82) is 0 Å². The van der Waals surface area contributed by atoms with E-state index in [4.69, 9.17) is 10.5 Å². The van der Waals surface area contributed by atoms with Crippen molar-refractivity contribution in [2.24, 2.45) is 5.73 Å². The lowest BCUT2D eigenvalue weighted by molar-refractivity contribution is 0.413. The van der Waals surface area contributed by atoms with Gasteiger partial charge in [0, 0.05) is 6.04 Å². The molecule has 0 amide bonds. The number of unbranched alkanes of at least 4 members (excludes halogenated alkanes) is 2. The van der Waals surface area contributed by atoms with E-state index >= 15 is 0 Å². The molecule has 1 atom stereocenters. The standard InChI is InChI=1S/C13H21NO.ClH/c1-3-4-5-9-13(14)11-7-6-8-12(10-11)15-2;/h6-8,10,13H,3-5,9,14H2,1-2H3;1H/t13-;/m1./s1. The Morgan fingerprint density at radius 1 is 1.31 bits per heavy atom. The van der Waals surface area contributed by atoms with Crippen molar-refractivity contribution in [3.8, 4) is 5.75 Å². The maximum atomic E-state index is 6.10. The van der Waals surface area contributed by atoms with Crippen molar-refractivity contribution in [2.75, 3.05) is 7.11 Å². The fraction of sp³-hybridized carbons (Fsp3) is 0.538. The first-order chi connectivity index (χ1) is 7.27. The van der Waals surface area contributed by atoms with E-state index in [1.54, 1.807) is 7.11 Å². The van der Waals surface area contributed by atoms with Gasteiger partial charge in [0.1, 0.15) is 5.75 Å². The summed E-state index contributed by atoms with van der Waals surface area (Å²) < 4.78 is 5.18. The molecule has 16 heavy (non-hydrogen) atoms. The summed E-state index contributed by atoms with van der Waals surface area (Å²) in [7, 11) is 1.68. The zero-order valence-corrected chi connectivity index (χ0v) is 10.9. The first kappa shape index (κ1) is 15.3. The number of benzene rings is 1. The number of nitrogens with two attached hydrogens (primary N) is 1. The summed E-state index contributed by atoms with van der Waals surface area (Å²) in [6, 6.07) is 8.18. The van der Waals surface area contributed by atoms with E-state index in [-0.39, 0.29) is 18.4 Å². The normalized spacial score (nSPS) is 11.7. The first-order valence-corrected chi connectivity index (χ1v) is 5.67. The Bertz CT molecular complexity index is 291. The Labute approximate surface area is 105 Å². The predicted molar refractivity (Wildman–Crippen MR) is 71.3 cm³/mol. The van der Waals surface area contributed by atoms with Gasteiger partial charge in [-0.15, -0.1) is 12.4 Å². The fourth-order valence-corrected chi connectivity index (χ4v) is 1.65. The molecule has 0 fully saturated rings. The van der Waals surface area contributed by atoms with Crippen LogP contribution in [0.2, 0.25) is 0 Å². The number of hydrogen-bond donors (Lipinski definition) is 1. The van der Waals surface area contributed by atoms with Crippen molar-refractivity contribution < 1.29 is 4.74 Å². The molecule has 0 spiro atoms. The Balaban J connectivity index is 0.00000225. The molecule has 92 valence electrons. The van der Waals surface area contributed by atoms with Crippen LogP contribution >= 0.6 is 12.4 Å². The maximum absolute atomic E-state index is 6.10. The summed E-state index contributed by atoms with van der Waals surface area (Å²) in [5.74, 6) is 0.887. The second-order valence-corrected chi connectivity index (χ2v) is 3.88. The summed E-state index contributed by atoms with van der Waals surface area (Å²) in [6.07, 6.45) is 4.76. The third-order valence-corrected chi connectivity index (χ3v) is 2.64. The molecular formula is C13H22ClNO. The number of rotatable bonds is 6. The van der Waals surface area contributed by atoms with Crippen molar-refractivity contribution in [3.63, 3.8) is 0 Å². The topological polar surface area (TPSA) is 35.2 Å². The molecule has 0 aliphatic rings. The quantitative estimate of drug-likeness (QED) is 0.774. The van der Waals surface area contributed by atoms with E-state index in [1.165, 1.54) is 24.8 Å². The monoisotopic (exact) mass is 243 g/mol. The number of ether oxygens (including phenoxy) is 1. The number of halogens is 1. The van der Waals surface area contributed by atoms with E-state index in [0.29, 0.717) is 0 Å². The van der Waals surface area contributed by atoms with E-state index in [2.05, 4.69) is 13.0 Å². The van der Waals surface area contributed by atoms with Crippen LogP contribution in [0.5, 0.6) is 5.75 Å². The minimum absolute atomic E-state index is 0. The minimum Gasteiger partial charge on any atom is -0.497 e. The van der Waals surface area contributed by atoms with Crippen LogP contribution in [0, 0.1) is 0 Å². The SMILES string of the molecule is CCCCC[C@@H](N)c1cccc(OC)c1.Cl. The van der Waals surface area contributed by atoms with Crippen LogP contribution < -0.4 is 10.5 Å². The zero-order chi connectivity index (χ0) is 11.1. The molecule has 0 aliphatic heterocycles. The smallest absolute Gasteiger partial charge is 0.119 e. The lowest BCUT2D eigenvalue weighted by Gasteiger charge is -2.12. The number of methoxy groups -OCH3 is 1. The van der Waals surface area contributed by atoms with Gasteiger partial charge in [-0.05, 0) is 24.1 Å². The van der Waals surface area contributed by atoms with Crippen molar-refractivity contribution in [1.82, 2.24) is 0 Å². The Morgan fingerprint density at radius 2 is 2.06 bits per heavy atom. The third-order valence-electron chi connectivity index (χ3n) is 2.64. The number of hydrogen-bond acceptors (Lipinski definition) is 2. The molecule has 1 aromatic carbocycles. The van der Waals surface area contributed by atoms with E-state index in [9.17, 15) is 0 Å².